The zero-order chi connectivity index (χ0) is 16.1. The number of aryl methyl sites for hydroxylation is 1. The van der Waals surface area contributed by atoms with E-state index in [9.17, 15) is 9.00 Å². The Balaban J connectivity index is 1.99. The van der Waals surface area contributed by atoms with Crippen molar-refractivity contribution in [3.05, 3.63) is 36.0 Å². The van der Waals surface area contributed by atoms with Crippen LogP contribution in [0.4, 0.5) is 9.93 Å². The van der Waals surface area contributed by atoms with Crippen LogP contribution in [0.1, 0.15) is 12.5 Å². The van der Waals surface area contributed by atoms with Crippen LogP contribution in [0.5, 0.6) is 0 Å². The Morgan fingerprint density at radius 3 is 2.82 bits per heavy atom. The molecule has 2 aromatic rings. The Hall–Kier alpha value is -1.73. The van der Waals surface area contributed by atoms with Crippen LogP contribution in [-0.2, 0) is 10.8 Å². The van der Waals surface area contributed by atoms with Crippen molar-refractivity contribution in [1.29, 1.82) is 0 Å². The molecule has 2 rings (SSSR count). The van der Waals surface area contributed by atoms with Gasteiger partial charge in [0.25, 0.3) is 0 Å². The number of nitrogens with one attached hydrogen (secondary N) is 2. The first-order chi connectivity index (χ1) is 10.5. The highest BCUT2D eigenvalue weighted by Crippen LogP contribution is 2.30. The van der Waals surface area contributed by atoms with E-state index < -0.39 is 10.8 Å². The van der Waals surface area contributed by atoms with Crippen molar-refractivity contribution >= 4 is 33.3 Å². The molecule has 118 valence electrons. The molecule has 7 heteroatoms. The fourth-order valence-electron chi connectivity index (χ4n) is 2.06. The van der Waals surface area contributed by atoms with Crippen LogP contribution < -0.4 is 10.6 Å². The van der Waals surface area contributed by atoms with Crippen molar-refractivity contribution in [2.75, 3.05) is 17.3 Å². The molecule has 1 aromatic heterocycles. The van der Waals surface area contributed by atoms with Crippen LogP contribution in [0.15, 0.2) is 30.5 Å². The van der Waals surface area contributed by atoms with E-state index in [1.807, 2.05) is 38.1 Å². The highest BCUT2D eigenvalue weighted by molar-refractivity contribution is 7.84. The summed E-state index contributed by atoms with van der Waals surface area (Å²) in [5.41, 5.74) is 2.28. The minimum atomic E-state index is -0.938. The molecule has 1 aromatic carbocycles. The fraction of sp³-hybridized carbons (Fsp3) is 0.333. The normalized spacial score (nSPS) is 13.4. The van der Waals surface area contributed by atoms with Crippen molar-refractivity contribution in [2.45, 2.75) is 19.9 Å². The number of anilines is 1. The Morgan fingerprint density at radius 2 is 2.14 bits per heavy atom. The van der Waals surface area contributed by atoms with Gasteiger partial charge in [-0.05, 0) is 25.0 Å². The highest BCUT2D eigenvalue weighted by Gasteiger charge is 2.12. The maximum Gasteiger partial charge on any atom is 0.321 e. The van der Waals surface area contributed by atoms with Crippen molar-refractivity contribution in [1.82, 2.24) is 10.3 Å². The molecule has 22 heavy (non-hydrogen) atoms. The first-order valence-corrected chi connectivity index (χ1v) is 9.39. The first-order valence-electron chi connectivity index (χ1n) is 6.85. The number of thiazole rings is 1. The Morgan fingerprint density at radius 1 is 1.41 bits per heavy atom. The number of benzene rings is 1. The number of aromatic nitrogens is 1. The summed E-state index contributed by atoms with van der Waals surface area (Å²) >= 11 is 1.43. The number of rotatable bonds is 5. The van der Waals surface area contributed by atoms with Gasteiger partial charge in [-0.15, -0.1) is 0 Å². The van der Waals surface area contributed by atoms with Gasteiger partial charge in [-0.1, -0.05) is 35.6 Å². The van der Waals surface area contributed by atoms with Gasteiger partial charge in [-0.25, -0.2) is 9.78 Å². The molecule has 0 bridgehead atoms. The quantitative estimate of drug-likeness (QED) is 0.881. The van der Waals surface area contributed by atoms with E-state index >= 15 is 0 Å². The average molecular weight is 337 g/mol. The molecule has 0 unspecified atom stereocenters. The van der Waals surface area contributed by atoms with Gasteiger partial charge in [-0.3, -0.25) is 9.53 Å². The summed E-state index contributed by atoms with van der Waals surface area (Å²) < 4.78 is 11.1. The third kappa shape index (κ3) is 4.64. The van der Waals surface area contributed by atoms with E-state index in [4.69, 9.17) is 0 Å². The first kappa shape index (κ1) is 16.6. The maximum absolute atomic E-state index is 11.9. The van der Waals surface area contributed by atoms with Gasteiger partial charge < -0.3 is 5.32 Å². The average Bonchev–Trinajstić information content (AvgIpc) is 2.86. The van der Waals surface area contributed by atoms with Gasteiger partial charge >= 0.3 is 6.03 Å². The Labute approximate surface area is 136 Å². The SMILES string of the molecule is Cc1ccccc1-c1cnc(NC(=O)N[C@@H](C)C[S@@](C)=O)s1. The van der Waals surface area contributed by atoms with E-state index in [-0.39, 0.29) is 12.1 Å². The molecule has 0 fully saturated rings. The molecular weight excluding hydrogens is 318 g/mol. The Kier molecular flexibility index (Phi) is 5.68. The summed E-state index contributed by atoms with van der Waals surface area (Å²) in [6, 6.07) is 7.57. The molecule has 0 aliphatic carbocycles. The summed E-state index contributed by atoms with van der Waals surface area (Å²) in [5.74, 6) is 0.430. The van der Waals surface area contributed by atoms with Crippen LogP contribution in [0.2, 0.25) is 0 Å². The summed E-state index contributed by atoms with van der Waals surface area (Å²) in [5, 5.41) is 6.00. The van der Waals surface area contributed by atoms with Gasteiger partial charge in [0.15, 0.2) is 5.13 Å². The molecule has 0 spiro atoms. The lowest BCUT2D eigenvalue weighted by atomic mass is 10.1. The number of carbonyl (C=O) groups excluding carboxylic acids is 1. The zero-order valence-electron chi connectivity index (χ0n) is 12.8. The number of nitrogens with zero attached hydrogens (tertiary/aromatic N) is 1. The van der Waals surface area contributed by atoms with Crippen molar-refractivity contribution in [3.63, 3.8) is 0 Å². The molecule has 1 heterocycles. The summed E-state index contributed by atoms with van der Waals surface area (Å²) in [4.78, 5) is 17.1. The van der Waals surface area contributed by atoms with E-state index in [1.165, 1.54) is 16.9 Å². The van der Waals surface area contributed by atoms with Crippen LogP contribution in [-0.4, -0.2) is 33.3 Å². The lowest BCUT2D eigenvalue weighted by Crippen LogP contribution is -2.39. The molecule has 2 amide bonds. The van der Waals surface area contributed by atoms with Gasteiger partial charge in [0.05, 0.1) is 4.88 Å². The highest BCUT2D eigenvalue weighted by atomic mass is 32.2. The monoisotopic (exact) mass is 337 g/mol. The minimum Gasteiger partial charge on any atom is -0.334 e. The molecule has 5 nitrogen and oxygen atoms in total. The number of carbonyl (C=O) groups is 1. The van der Waals surface area contributed by atoms with E-state index in [0.717, 1.165) is 10.4 Å². The smallest absolute Gasteiger partial charge is 0.321 e. The molecular formula is C15H19N3O2S2. The van der Waals surface area contributed by atoms with Gasteiger partial charge in [0.1, 0.15) is 0 Å². The van der Waals surface area contributed by atoms with Gasteiger partial charge in [0.2, 0.25) is 0 Å². The van der Waals surface area contributed by atoms with Crippen LogP contribution >= 0.6 is 11.3 Å². The van der Waals surface area contributed by atoms with Crippen LogP contribution in [0.3, 0.4) is 0 Å². The predicted octanol–water partition coefficient (Wildman–Crippen LogP) is 3.01. The van der Waals surface area contributed by atoms with E-state index in [1.54, 1.807) is 12.5 Å². The van der Waals surface area contributed by atoms with E-state index in [0.29, 0.717) is 10.9 Å². The maximum atomic E-state index is 11.9. The standard InChI is InChI=1S/C15H19N3O2S2/c1-10-6-4-5-7-12(10)13-8-16-15(21-13)18-14(19)17-11(2)9-22(3)20/h4-8,11H,9H2,1-3H3,(H2,16,17,18,19)/t11-,22+/m0/s1. The second-order valence-corrected chi connectivity index (χ2v) is 7.59. The number of urea groups is 1. The zero-order valence-corrected chi connectivity index (χ0v) is 14.4. The second kappa shape index (κ2) is 7.51. The Bertz CT molecular complexity index is 685. The minimum absolute atomic E-state index is 0.151. The largest absolute Gasteiger partial charge is 0.334 e. The lowest BCUT2D eigenvalue weighted by Gasteiger charge is -2.11. The number of hydrogen-bond donors (Lipinski definition) is 2. The second-order valence-electron chi connectivity index (χ2n) is 5.08. The van der Waals surface area contributed by atoms with Crippen molar-refractivity contribution < 1.29 is 9.00 Å². The molecule has 0 saturated carbocycles. The molecule has 0 aliphatic rings. The van der Waals surface area contributed by atoms with Gasteiger partial charge in [-0.2, -0.15) is 0 Å². The number of hydrogen-bond acceptors (Lipinski definition) is 4. The molecule has 0 aliphatic heterocycles. The molecule has 0 radical (unpaired) electrons. The lowest BCUT2D eigenvalue weighted by molar-refractivity contribution is 0.250. The third-order valence-electron chi connectivity index (χ3n) is 3.00. The van der Waals surface area contributed by atoms with Gasteiger partial charge in [0, 0.05) is 35.0 Å². The summed E-state index contributed by atoms with van der Waals surface area (Å²) in [6.45, 7) is 3.86. The van der Waals surface area contributed by atoms with E-state index in [2.05, 4.69) is 15.6 Å². The summed E-state index contributed by atoms with van der Waals surface area (Å²) in [6.07, 6.45) is 3.37. The van der Waals surface area contributed by atoms with Crippen LogP contribution in [0.25, 0.3) is 10.4 Å². The van der Waals surface area contributed by atoms with Crippen molar-refractivity contribution in [3.8, 4) is 10.4 Å². The topological polar surface area (TPSA) is 71.1 Å². The predicted molar refractivity (Wildman–Crippen MR) is 92.8 cm³/mol. The van der Waals surface area contributed by atoms with Crippen LogP contribution in [0, 0.1) is 6.92 Å². The molecule has 0 saturated heterocycles. The third-order valence-corrected chi connectivity index (χ3v) is 4.91. The van der Waals surface area contributed by atoms with Crippen molar-refractivity contribution in [2.24, 2.45) is 0 Å². The summed E-state index contributed by atoms with van der Waals surface area (Å²) in [7, 11) is -0.938. The fourth-order valence-corrected chi connectivity index (χ4v) is 3.75. The molecule has 2 atom stereocenters. The molecule has 2 N–H and O–H groups in total. The number of amides is 2.